The summed E-state index contributed by atoms with van der Waals surface area (Å²) in [5, 5.41) is 13.6. The average Bonchev–Trinajstić information content (AvgIpc) is 3.18. The first-order chi connectivity index (χ1) is 15.5. The van der Waals surface area contributed by atoms with Gasteiger partial charge in [-0.05, 0) is 60.5 Å². The van der Waals surface area contributed by atoms with E-state index in [1.165, 1.54) is 11.8 Å². The molecule has 0 unspecified atom stereocenters. The van der Waals surface area contributed by atoms with Gasteiger partial charge in [0.05, 0.1) is 5.75 Å². The lowest BCUT2D eigenvalue weighted by atomic mass is 10.1. The van der Waals surface area contributed by atoms with Gasteiger partial charge in [-0.1, -0.05) is 65.3 Å². The average molecular weight is 483 g/mol. The summed E-state index contributed by atoms with van der Waals surface area (Å²) in [6.07, 6.45) is 0.618. The highest BCUT2D eigenvalue weighted by atomic mass is 35.5. The van der Waals surface area contributed by atoms with Crippen LogP contribution in [0.1, 0.15) is 17.0 Å². The zero-order chi connectivity index (χ0) is 22.5. The number of anilines is 1. The van der Waals surface area contributed by atoms with Crippen LogP contribution in [-0.2, 0) is 11.2 Å². The first-order valence-corrected chi connectivity index (χ1v) is 11.7. The Hall–Kier alpha value is -2.80. The number of aryl methyl sites for hydroxylation is 1. The number of nitrogens with one attached hydrogen (secondary N) is 1. The van der Waals surface area contributed by atoms with Crippen molar-refractivity contribution in [3.05, 3.63) is 99.8 Å². The molecule has 3 aromatic carbocycles. The predicted octanol–water partition coefficient (Wildman–Crippen LogP) is 6.20. The second-order valence-corrected chi connectivity index (χ2v) is 8.96. The Kier molecular flexibility index (Phi) is 7.15. The maximum absolute atomic E-state index is 12.5. The number of rotatable bonds is 7. The Labute approximate surface area is 200 Å². The first-order valence-electron chi connectivity index (χ1n) is 9.92. The minimum atomic E-state index is -0.132. The SMILES string of the molecule is Cc1cc(NC(=O)CSc2nnc(Cc3ccccc3)n2-c2ccc(Cl)cc2)ccc1Cl. The Morgan fingerprint density at radius 2 is 1.75 bits per heavy atom. The fraction of sp³-hybridized carbons (Fsp3) is 0.125. The molecule has 4 aromatic rings. The Bertz CT molecular complexity index is 1230. The molecule has 162 valence electrons. The van der Waals surface area contributed by atoms with Crippen LogP contribution in [0.15, 0.2) is 78.0 Å². The van der Waals surface area contributed by atoms with E-state index >= 15 is 0 Å². The van der Waals surface area contributed by atoms with E-state index in [1.807, 2.05) is 60.0 Å². The molecule has 0 radical (unpaired) electrons. The monoisotopic (exact) mass is 482 g/mol. The lowest BCUT2D eigenvalue weighted by Gasteiger charge is -2.11. The van der Waals surface area contributed by atoms with E-state index < -0.39 is 0 Å². The predicted molar refractivity (Wildman–Crippen MR) is 131 cm³/mol. The third-order valence-corrected chi connectivity index (χ3v) is 6.37. The summed E-state index contributed by atoms with van der Waals surface area (Å²) >= 11 is 13.5. The molecule has 0 aliphatic rings. The quantitative estimate of drug-likeness (QED) is 0.318. The van der Waals surface area contributed by atoms with Gasteiger partial charge in [0.25, 0.3) is 0 Å². The van der Waals surface area contributed by atoms with Gasteiger partial charge in [0.15, 0.2) is 5.16 Å². The molecule has 5 nitrogen and oxygen atoms in total. The molecule has 0 atom stereocenters. The van der Waals surface area contributed by atoms with Crippen molar-refractivity contribution in [1.29, 1.82) is 0 Å². The van der Waals surface area contributed by atoms with Crippen LogP contribution in [0.4, 0.5) is 5.69 Å². The van der Waals surface area contributed by atoms with E-state index in [9.17, 15) is 4.79 Å². The van der Waals surface area contributed by atoms with Crippen molar-refractivity contribution in [2.75, 3.05) is 11.1 Å². The number of carbonyl (C=O) groups is 1. The normalized spacial score (nSPS) is 10.8. The number of benzene rings is 3. The lowest BCUT2D eigenvalue weighted by Crippen LogP contribution is -2.14. The van der Waals surface area contributed by atoms with Crippen LogP contribution in [0.5, 0.6) is 0 Å². The molecule has 0 saturated heterocycles. The van der Waals surface area contributed by atoms with Crippen molar-refractivity contribution in [3.8, 4) is 5.69 Å². The van der Waals surface area contributed by atoms with E-state index in [0.717, 1.165) is 22.6 Å². The second kappa shape index (κ2) is 10.2. The third-order valence-electron chi connectivity index (χ3n) is 4.76. The molecular weight excluding hydrogens is 463 g/mol. The zero-order valence-corrected chi connectivity index (χ0v) is 19.6. The van der Waals surface area contributed by atoms with E-state index in [0.29, 0.717) is 27.3 Å². The van der Waals surface area contributed by atoms with Crippen molar-refractivity contribution < 1.29 is 4.79 Å². The summed E-state index contributed by atoms with van der Waals surface area (Å²) in [5.74, 6) is 0.848. The number of hydrogen-bond acceptors (Lipinski definition) is 4. The van der Waals surface area contributed by atoms with Crippen LogP contribution in [0.25, 0.3) is 5.69 Å². The van der Waals surface area contributed by atoms with E-state index in [-0.39, 0.29) is 11.7 Å². The number of carbonyl (C=O) groups excluding carboxylic acids is 1. The molecule has 1 aromatic heterocycles. The van der Waals surface area contributed by atoms with Crippen LogP contribution in [-0.4, -0.2) is 26.4 Å². The number of nitrogens with zero attached hydrogens (tertiary/aromatic N) is 3. The van der Waals surface area contributed by atoms with Crippen molar-refractivity contribution in [2.24, 2.45) is 0 Å². The molecule has 0 aliphatic carbocycles. The van der Waals surface area contributed by atoms with Crippen molar-refractivity contribution >= 4 is 46.6 Å². The molecule has 0 spiro atoms. The van der Waals surface area contributed by atoms with Crippen LogP contribution < -0.4 is 5.32 Å². The molecule has 1 amide bonds. The van der Waals surface area contributed by atoms with Crippen molar-refractivity contribution in [2.45, 2.75) is 18.5 Å². The molecule has 1 heterocycles. The van der Waals surface area contributed by atoms with Gasteiger partial charge in [0, 0.05) is 27.8 Å². The van der Waals surface area contributed by atoms with Gasteiger partial charge in [-0.25, -0.2) is 0 Å². The summed E-state index contributed by atoms with van der Waals surface area (Å²) < 4.78 is 1.97. The molecule has 0 aliphatic heterocycles. The molecular formula is C24H20Cl2N4OS. The molecule has 0 bridgehead atoms. The highest BCUT2D eigenvalue weighted by Gasteiger charge is 2.16. The van der Waals surface area contributed by atoms with E-state index in [1.54, 1.807) is 12.1 Å². The van der Waals surface area contributed by atoms with Gasteiger partial charge in [0.2, 0.25) is 5.91 Å². The maximum atomic E-state index is 12.5. The highest BCUT2D eigenvalue weighted by molar-refractivity contribution is 7.99. The summed E-state index contributed by atoms with van der Waals surface area (Å²) in [6.45, 7) is 1.90. The van der Waals surface area contributed by atoms with Gasteiger partial charge >= 0.3 is 0 Å². The molecule has 0 fully saturated rings. The van der Waals surface area contributed by atoms with Crippen molar-refractivity contribution in [3.63, 3.8) is 0 Å². The molecule has 0 saturated carbocycles. The molecule has 8 heteroatoms. The van der Waals surface area contributed by atoms with Crippen molar-refractivity contribution in [1.82, 2.24) is 14.8 Å². The van der Waals surface area contributed by atoms with Gasteiger partial charge in [0.1, 0.15) is 5.82 Å². The zero-order valence-electron chi connectivity index (χ0n) is 17.3. The maximum Gasteiger partial charge on any atom is 0.234 e. The molecule has 4 rings (SSSR count). The summed E-state index contributed by atoms with van der Waals surface area (Å²) in [5.41, 5.74) is 3.63. The van der Waals surface area contributed by atoms with Crippen LogP contribution >= 0.6 is 35.0 Å². The van der Waals surface area contributed by atoms with Gasteiger partial charge < -0.3 is 5.32 Å². The fourth-order valence-corrected chi connectivity index (χ4v) is 4.20. The number of hydrogen-bond donors (Lipinski definition) is 1. The minimum absolute atomic E-state index is 0.132. The standard InChI is InChI=1S/C24H20Cl2N4OS/c1-16-13-19(9-12-21(16)26)27-23(31)15-32-24-29-28-22(14-17-5-3-2-4-6-17)30(24)20-10-7-18(25)8-11-20/h2-13H,14-15H2,1H3,(H,27,31). The molecule has 1 N–H and O–H groups in total. The van der Waals surface area contributed by atoms with E-state index in [2.05, 4.69) is 27.6 Å². The van der Waals surface area contributed by atoms with Gasteiger partial charge in [-0.2, -0.15) is 0 Å². The van der Waals surface area contributed by atoms with E-state index in [4.69, 9.17) is 23.2 Å². The van der Waals surface area contributed by atoms with Gasteiger partial charge in [-0.15, -0.1) is 10.2 Å². The largest absolute Gasteiger partial charge is 0.325 e. The fourth-order valence-electron chi connectivity index (χ4n) is 3.19. The lowest BCUT2D eigenvalue weighted by molar-refractivity contribution is -0.113. The number of amides is 1. The Morgan fingerprint density at radius 3 is 2.47 bits per heavy atom. The van der Waals surface area contributed by atoms with Gasteiger partial charge in [-0.3, -0.25) is 9.36 Å². The topological polar surface area (TPSA) is 59.8 Å². The highest BCUT2D eigenvalue weighted by Crippen LogP contribution is 2.25. The second-order valence-electron chi connectivity index (χ2n) is 7.17. The summed E-state index contributed by atoms with van der Waals surface area (Å²) in [4.78, 5) is 12.5. The molecule has 32 heavy (non-hydrogen) atoms. The van der Waals surface area contributed by atoms with Crippen LogP contribution in [0.3, 0.4) is 0 Å². The van der Waals surface area contributed by atoms with Crippen LogP contribution in [0, 0.1) is 6.92 Å². The smallest absolute Gasteiger partial charge is 0.234 e. The first kappa shape index (κ1) is 22.4. The van der Waals surface area contributed by atoms with Crippen LogP contribution in [0.2, 0.25) is 10.0 Å². The Balaban J connectivity index is 1.54. The number of halogens is 2. The summed E-state index contributed by atoms with van der Waals surface area (Å²) in [7, 11) is 0. The Morgan fingerprint density at radius 1 is 1.00 bits per heavy atom. The minimum Gasteiger partial charge on any atom is -0.325 e. The number of aromatic nitrogens is 3. The number of thioether (sulfide) groups is 1. The summed E-state index contributed by atoms with van der Waals surface area (Å²) in [6, 6.07) is 23.0. The third kappa shape index (κ3) is 5.51.